The Labute approximate surface area is 151 Å². The van der Waals surface area contributed by atoms with E-state index in [4.69, 9.17) is 4.42 Å². The predicted octanol–water partition coefficient (Wildman–Crippen LogP) is 2.94. The average Bonchev–Trinajstić information content (AvgIpc) is 3.20. The first-order chi connectivity index (χ1) is 12.6. The summed E-state index contributed by atoms with van der Waals surface area (Å²) >= 11 is 0. The zero-order valence-corrected chi connectivity index (χ0v) is 14.6. The Morgan fingerprint density at radius 1 is 1.08 bits per heavy atom. The molecule has 3 rings (SSSR count). The van der Waals surface area contributed by atoms with Crippen LogP contribution in [-0.4, -0.2) is 23.8 Å². The van der Waals surface area contributed by atoms with Crippen molar-refractivity contribution in [3.63, 3.8) is 0 Å². The molecular weight excluding hydrogens is 330 g/mol. The number of furan rings is 1. The maximum absolute atomic E-state index is 12.5. The van der Waals surface area contributed by atoms with Crippen LogP contribution in [0.5, 0.6) is 0 Å². The van der Waals surface area contributed by atoms with Crippen LogP contribution in [0.2, 0.25) is 0 Å². The van der Waals surface area contributed by atoms with Gasteiger partial charge in [0.25, 0.3) is 11.8 Å². The number of aromatic nitrogens is 1. The van der Waals surface area contributed by atoms with Gasteiger partial charge in [0.15, 0.2) is 5.76 Å². The molecular formula is C20H19N3O3. The van der Waals surface area contributed by atoms with Crippen LogP contribution in [0.15, 0.2) is 59.2 Å². The van der Waals surface area contributed by atoms with E-state index in [0.717, 1.165) is 5.56 Å². The number of pyridine rings is 1. The molecule has 0 unspecified atom stereocenters. The molecule has 0 aliphatic heterocycles. The highest BCUT2D eigenvalue weighted by atomic mass is 16.3. The van der Waals surface area contributed by atoms with Gasteiger partial charge < -0.3 is 15.1 Å². The average molecular weight is 349 g/mol. The number of carbonyl (C=O) groups excluding carboxylic acids is 2. The van der Waals surface area contributed by atoms with Gasteiger partial charge in [0.05, 0.1) is 17.5 Å². The largest absolute Gasteiger partial charge is 0.463 e. The zero-order valence-electron chi connectivity index (χ0n) is 14.6. The van der Waals surface area contributed by atoms with Gasteiger partial charge in [-0.1, -0.05) is 12.1 Å². The third-order valence-corrected chi connectivity index (χ3v) is 3.97. The third kappa shape index (κ3) is 3.80. The van der Waals surface area contributed by atoms with Crippen molar-refractivity contribution in [3.05, 3.63) is 77.2 Å². The van der Waals surface area contributed by atoms with Gasteiger partial charge in [-0.2, -0.15) is 0 Å². The van der Waals surface area contributed by atoms with Crippen LogP contribution >= 0.6 is 0 Å². The van der Waals surface area contributed by atoms with Crippen molar-refractivity contribution in [2.24, 2.45) is 0 Å². The summed E-state index contributed by atoms with van der Waals surface area (Å²) in [5.41, 5.74) is 3.21. The second-order valence-corrected chi connectivity index (χ2v) is 5.77. The summed E-state index contributed by atoms with van der Waals surface area (Å²) in [6, 6.07) is 14.2. The molecule has 26 heavy (non-hydrogen) atoms. The minimum Gasteiger partial charge on any atom is -0.463 e. The number of carbonyl (C=O) groups is 2. The molecule has 2 amide bonds. The summed E-state index contributed by atoms with van der Waals surface area (Å²) in [6.07, 6.45) is 1.58. The molecule has 0 bridgehead atoms. The van der Waals surface area contributed by atoms with Gasteiger partial charge in [0, 0.05) is 19.2 Å². The van der Waals surface area contributed by atoms with Gasteiger partial charge in [-0.15, -0.1) is 0 Å². The molecule has 1 aromatic carbocycles. The number of hydrogen-bond acceptors (Lipinski definition) is 4. The molecule has 0 radical (unpaired) electrons. The fraction of sp³-hybridized carbons (Fsp3) is 0.150. The minimum atomic E-state index is -0.216. The van der Waals surface area contributed by atoms with Crippen LogP contribution in [0.3, 0.4) is 0 Å². The van der Waals surface area contributed by atoms with E-state index < -0.39 is 0 Å². The molecule has 0 spiro atoms. The molecule has 0 saturated carbocycles. The lowest BCUT2D eigenvalue weighted by atomic mass is 10.1. The molecule has 2 aromatic heterocycles. The van der Waals surface area contributed by atoms with E-state index in [9.17, 15) is 9.59 Å². The summed E-state index contributed by atoms with van der Waals surface area (Å²) in [6.45, 7) is 2.11. The Morgan fingerprint density at radius 3 is 2.62 bits per heavy atom. The van der Waals surface area contributed by atoms with Gasteiger partial charge in [-0.05, 0) is 48.9 Å². The molecule has 3 aromatic rings. The quantitative estimate of drug-likeness (QED) is 0.742. The van der Waals surface area contributed by atoms with Crippen LogP contribution < -0.4 is 10.6 Å². The lowest BCUT2D eigenvalue weighted by Crippen LogP contribution is -2.24. The molecule has 2 heterocycles. The molecule has 0 aliphatic rings. The molecule has 0 fully saturated rings. The smallest absolute Gasteiger partial charge is 0.253 e. The maximum atomic E-state index is 12.5. The topological polar surface area (TPSA) is 84.2 Å². The van der Waals surface area contributed by atoms with Gasteiger partial charge >= 0.3 is 0 Å². The minimum absolute atomic E-state index is 0.160. The van der Waals surface area contributed by atoms with E-state index in [1.165, 1.54) is 0 Å². The van der Waals surface area contributed by atoms with Crippen LogP contribution in [-0.2, 0) is 6.54 Å². The normalized spacial score (nSPS) is 10.4. The number of rotatable bonds is 5. The Balaban J connectivity index is 1.70. The zero-order chi connectivity index (χ0) is 18.5. The van der Waals surface area contributed by atoms with E-state index in [1.54, 1.807) is 56.6 Å². The van der Waals surface area contributed by atoms with Crippen molar-refractivity contribution >= 4 is 11.8 Å². The Bertz CT molecular complexity index is 933. The van der Waals surface area contributed by atoms with Gasteiger partial charge in [-0.3, -0.25) is 9.59 Å². The molecule has 132 valence electrons. The van der Waals surface area contributed by atoms with E-state index in [0.29, 0.717) is 34.8 Å². The number of aryl methyl sites for hydroxylation is 1. The summed E-state index contributed by atoms with van der Waals surface area (Å²) < 4.78 is 5.32. The van der Waals surface area contributed by atoms with Crippen molar-refractivity contribution in [3.8, 4) is 11.5 Å². The fourth-order valence-corrected chi connectivity index (χ4v) is 2.61. The van der Waals surface area contributed by atoms with Crippen LogP contribution in [0.25, 0.3) is 11.5 Å². The van der Waals surface area contributed by atoms with Crippen molar-refractivity contribution in [2.75, 3.05) is 7.05 Å². The second-order valence-electron chi connectivity index (χ2n) is 5.77. The number of nitrogens with zero attached hydrogens (tertiary/aromatic N) is 1. The maximum Gasteiger partial charge on any atom is 0.253 e. The van der Waals surface area contributed by atoms with Crippen molar-refractivity contribution < 1.29 is 14.0 Å². The van der Waals surface area contributed by atoms with Crippen LogP contribution in [0.1, 0.15) is 32.0 Å². The first-order valence-electron chi connectivity index (χ1n) is 8.19. The Hall–Kier alpha value is -3.41. The van der Waals surface area contributed by atoms with E-state index in [-0.39, 0.29) is 11.8 Å². The summed E-state index contributed by atoms with van der Waals surface area (Å²) in [4.78, 5) is 28.6. The first kappa shape index (κ1) is 17.4. The number of hydrogen-bond donors (Lipinski definition) is 2. The van der Waals surface area contributed by atoms with Crippen molar-refractivity contribution in [1.29, 1.82) is 0 Å². The van der Waals surface area contributed by atoms with E-state index in [1.807, 2.05) is 12.1 Å². The SMILES string of the molecule is CNC(=O)c1cccc(CNC(=O)c2ccc(-c3ccco3)nc2C)c1. The summed E-state index contributed by atoms with van der Waals surface area (Å²) in [5.74, 6) is 0.282. The first-order valence-corrected chi connectivity index (χ1v) is 8.19. The highest BCUT2D eigenvalue weighted by Gasteiger charge is 2.12. The molecule has 0 aliphatic carbocycles. The molecule has 6 heteroatoms. The third-order valence-electron chi connectivity index (χ3n) is 3.97. The van der Waals surface area contributed by atoms with E-state index >= 15 is 0 Å². The lowest BCUT2D eigenvalue weighted by molar-refractivity contribution is 0.0947. The van der Waals surface area contributed by atoms with Crippen molar-refractivity contribution in [1.82, 2.24) is 15.6 Å². The standard InChI is InChI=1S/C20H19N3O3/c1-13-16(8-9-17(23-13)18-7-4-10-26-18)20(25)22-12-14-5-3-6-15(11-14)19(24)21-2/h3-11H,12H2,1-2H3,(H,21,24)(H,22,25). The van der Waals surface area contributed by atoms with E-state index in [2.05, 4.69) is 15.6 Å². The second kappa shape index (κ2) is 7.65. The molecule has 2 N–H and O–H groups in total. The highest BCUT2D eigenvalue weighted by molar-refractivity contribution is 5.96. The monoisotopic (exact) mass is 349 g/mol. The van der Waals surface area contributed by atoms with Crippen molar-refractivity contribution in [2.45, 2.75) is 13.5 Å². The number of benzene rings is 1. The molecule has 6 nitrogen and oxygen atoms in total. The van der Waals surface area contributed by atoms with Gasteiger partial charge in [0.2, 0.25) is 0 Å². The number of nitrogens with one attached hydrogen (secondary N) is 2. The Kier molecular flexibility index (Phi) is 5.12. The number of amides is 2. The highest BCUT2D eigenvalue weighted by Crippen LogP contribution is 2.19. The van der Waals surface area contributed by atoms with Gasteiger partial charge in [0.1, 0.15) is 5.69 Å². The Morgan fingerprint density at radius 2 is 1.92 bits per heavy atom. The van der Waals surface area contributed by atoms with Gasteiger partial charge in [-0.25, -0.2) is 4.98 Å². The fourth-order valence-electron chi connectivity index (χ4n) is 2.61. The molecule has 0 atom stereocenters. The summed E-state index contributed by atoms with van der Waals surface area (Å²) in [5, 5.41) is 5.44. The predicted molar refractivity (Wildman–Crippen MR) is 97.7 cm³/mol. The summed E-state index contributed by atoms with van der Waals surface area (Å²) in [7, 11) is 1.58. The lowest BCUT2D eigenvalue weighted by Gasteiger charge is -2.09. The van der Waals surface area contributed by atoms with Crippen LogP contribution in [0, 0.1) is 6.92 Å². The molecule has 0 saturated heterocycles. The van der Waals surface area contributed by atoms with Crippen LogP contribution in [0.4, 0.5) is 0 Å².